The number of benzene rings is 2. The second-order valence-corrected chi connectivity index (χ2v) is 10.5. The van der Waals surface area contributed by atoms with Crippen molar-refractivity contribution in [1.29, 1.82) is 0 Å². The number of piperidine rings is 1. The maximum atomic E-state index is 14.0. The summed E-state index contributed by atoms with van der Waals surface area (Å²) in [5, 5.41) is 3.02. The molecule has 0 aliphatic carbocycles. The molecule has 5 nitrogen and oxygen atoms in total. The Bertz CT molecular complexity index is 1050. The van der Waals surface area contributed by atoms with Crippen LogP contribution in [0.3, 0.4) is 0 Å². The molecular weight excluding hydrogens is 430 g/mol. The lowest BCUT2D eigenvalue weighted by Gasteiger charge is -2.32. The van der Waals surface area contributed by atoms with E-state index in [-0.39, 0.29) is 41.7 Å². The second kappa shape index (κ2) is 8.64. The van der Waals surface area contributed by atoms with Crippen molar-refractivity contribution in [2.75, 3.05) is 18.8 Å². The Hall–Kier alpha value is -1.97. The van der Waals surface area contributed by atoms with Crippen LogP contribution in [0.5, 0.6) is 0 Å². The number of rotatable bonds is 4. The summed E-state index contributed by atoms with van der Waals surface area (Å²) in [6, 6.07) is 9.68. The Morgan fingerprint density at radius 3 is 2.53 bits per heavy atom. The number of sulfonamides is 1. The molecular formula is C21H22F2N2O3S2. The molecule has 160 valence electrons. The fraction of sp³-hybridized carbons (Fsp3) is 0.381. The molecule has 1 unspecified atom stereocenters. The number of carbonyl (C=O) groups is 1. The van der Waals surface area contributed by atoms with E-state index in [1.54, 1.807) is 17.8 Å². The molecule has 2 aliphatic rings. The molecule has 2 aromatic rings. The molecule has 9 heteroatoms. The standard InChI is InChI=1S/C21H22F2N2O3S2/c22-15-5-6-19-16(13-15)18(9-12-29-19)24-21(26)14-7-10-25(11-8-14)30(27,28)20-4-2-1-3-17(20)23/h1-6,13-14,18H,7-12H2,(H,24,26). The van der Waals surface area contributed by atoms with Crippen LogP contribution >= 0.6 is 11.8 Å². The highest BCUT2D eigenvalue weighted by molar-refractivity contribution is 7.99. The number of carbonyl (C=O) groups excluding carboxylic acids is 1. The van der Waals surface area contributed by atoms with Gasteiger partial charge in [-0.1, -0.05) is 12.1 Å². The quantitative estimate of drug-likeness (QED) is 0.768. The lowest BCUT2D eigenvalue weighted by atomic mass is 9.95. The van der Waals surface area contributed by atoms with Gasteiger partial charge in [-0.15, -0.1) is 11.8 Å². The zero-order valence-electron chi connectivity index (χ0n) is 16.2. The van der Waals surface area contributed by atoms with Gasteiger partial charge in [-0.2, -0.15) is 4.31 Å². The number of nitrogens with one attached hydrogen (secondary N) is 1. The lowest BCUT2D eigenvalue weighted by Crippen LogP contribution is -2.44. The van der Waals surface area contributed by atoms with Crippen molar-refractivity contribution in [2.45, 2.75) is 35.1 Å². The number of thioether (sulfide) groups is 1. The number of hydrogen-bond acceptors (Lipinski definition) is 4. The summed E-state index contributed by atoms with van der Waals surface area (Å²) >= 11 is 1.64. The van der Waals surface area contributed by atoms with Gasteiger partial charge in [-0.25, -0.2) is 17.2 Å². The molecule has 0 bridgehead atoms. The Morgan fingerprint density at radius 2 is 1.80 bits per heavy atom. The molecule has 0 spiro atoms. The van der Waals surface area contributed by atoms with Gasteiger partial charge < -0.3 is 5.32 Å². The van der Waals surface area contributed by atoms with Crippen molar-refractivity contribution in [3.8, 4) is 0 Å². The summed E-state index contributed by atoms with van der Waals surface area (Å²) in [4.78, 5) is 13.4. The molecule has 0 aromatic heterocycles. The smallest absolute Gasteiger partial charge is 0.245 e. The summed E-state index contributed by atoms with van der Waals surface area (Å²) in [5.41, 5.74) is 0.791. The minimum Gasteiger partial charge on any atom is -0.349 e. The Balaban J connectivity index is 1.40. The molecule has 1 saturated heterocycles. The first-order chi connectivity index (χ1) is 14.4. The first-order valence-corrected chi connectivity index (χ1v) is 12.3. The first kappa shape index (κ1) is 21.3. The van der Waals surface area contributed by atoms with E-state index in [0.717, 1.165) is 22.3 Å². The van der Waals surface area contributed by atoms with E-state index < -0.39 is 15.8 Å². The summed E-state index contributed by atoms with van der Waals surface area (Å²) < 4.78 is 54.3. The van der Waals surface area contributed by atoms with E-state index in [1.807, 2.05) is 0 Å². The molecule has 2 aliphatic heterocycles. The van der Waals surface area contributed by atoms with Crippen LogP contribution in [0.2, 0.25) is 0 Å². The normalized spacial score (nSPS) is 20.5. The van der Waals surface area contributed by atoms with Crippen molar-refractivity contribution in [3.05, 3.63) is 59.7 Å². The third-order valence-corrected chi connectivity index (χ3v) is 8.66. The highest BCUT2D eigenvalue weighted by Crippen LogP contribution is 2.37. The minimum absolute atomic E-state index is 0.148. The third kappa shape index (κ3) is 4.24. The fourth-order valence-corrected chi connectivity index (χ4v) is 6.60. The molecule has 0 saturated carbocycles. The first-order valence-electron chi connectivity index (χ1n) is 9.83. The number of amides is 1. The van der Waals surface area contributed by atoms with Gasteiger partial charge in [0.25, 0.3) is 0 Å². The van der Waals surface area contributed by atoms with Crippen molar-refractivity contribution >= 4 is 27.7 Å². The number of fused-ring (bicyclic) bond motifs is 1. The molecule has 1 atom stereocenters. The highest BCUT2D eigenvalue weighted by Gasteiger charge is 2.34. The summed E-state index contributed by atoms with van der Waals surface area (Å²) in [5.74, 6) is -0.752. The third-order valence-electron chi connectivity index (χ3n) is 5.61. The van der Waals surface area contributed by atoms with Gasteiger partial charge in [-0.05, 0) is 55.2 Å². The minimum atomic E-state index is -3.93. The maximum absolute atomic E-state index is 14.0. The van der Waals surface area contributed by atoms with Crippen LogP contribution in [0, 0.1) is 17.6 Å². The molecule has 1 amide bonds. The van der Waals surface area contributed by atoms with Crippen LogP contribution in [0.4, 0.5) is 8.78 Å². The van der Waals surface area contributed by atoms with Gasteiger partial charge in [0, 0.05) is 29.7 Å². The second-order valence-electron chi connectivity index (χ2n) is 7.49. The van der Waals surface area contributed by atoms with Crippen molar-refractivity contribution in [1.82, 2.24) is 9.62 Å². The van der Waals surface area contributed by atoms with Crippen LogP contribution in [0.25, 0.3) is 0 Å². The molecule has 0 radical (unpaired) electrons. The van der Waals surface area contributed by atoms with Crippen molar-refractivity contribution in [2.24, 2.45) is 5.92 Å². The summed E-state index contributed by atoms with van der Waals surface area (Å²) in [6.07, 6.45) is 1.43. The van der Waals surface area contributed by atoms with E-state index in [2.05, 4.69) is 5.32 Å². The molecule has 4 rings (SSSR count). The Morgan fingerprint density at radius 1 is 1.07 bits per heavy atom. The van der Waals surface area contributed by atoms with E-state index in [9.17, 15) is 22.0 Å². The van der Waals surface area contributed by atoms with Gasteiger partial charge in [0.05, 0.1) is 6.04 Å². The van der Waals surface area contributed by atoms with Crippen LogP contribution in [-0.4, -0.2) is 37.5 Å². The summed E-state index contributed by atoms with van der Waals surface area (Å²) in [7, 11) is -3.93. The van der Waals surface area contributed by atoms with E-state index in [1.165, 1.54) is 34.6 Å². The topological polar surface area (TPSA) is 66.5 Å². The largest absolute Gasteiger partial charge is 0.349 e. The average molecular weight is 453 g/mol. The van der Waals surface area contributed by atoms with E-state index >= 15 is 0 Å². The predicted octanol–water partition coefficient (Wildman–Crippen LogP) is 3.72. The number of nitrogens with zero attached hydrogens (tertiary/aromatic N) is 1. The Kier molecular flexibility index (Phi) is 6.13. The predicted molar refractivity (Wildman–Crippen MR) is 111 cm³/mol. The van der Waals surface area contributed by atoms with Gasteiger partial charge >= 0.3 is 0 Å². The zero-order chi connectivity index (χ0) is 21.3. The van der Waals surface area contributed by atoms with Crippen molar-refractivity contribution < 1.29 is 22.0 Å². The number of halogens is 2. The molecule has 30 heavy (non-hydrogen) atoms. The van der Waals surface area contributed by atoms with Gasteiger partial charge in [-0.3, -0.25) is 4.79 Å². The highest BCUT2D eigenvalue weighted by atomic mass is 32.2. The van der Waals surface area contributed by atoms with E-state index in [0.29, 0.717) is 19.3 Å². The zero-order valence-corrected chi connectivity index (χ0v) is 17.8. The maximum Gasteiger partial charge on any atom is 0.245 e. The molecule has 1 fully saturated rings. The van der Waals surface area contributed by atoms with Crippen LogP contribution in [-0.2, 0) is 14.8 Å². The Labute approximate surface area is 178 Å². The van der Waals surface area contributed by atoms with E-state index in [4.69, 9.17) is 0 Å². The SMILES string of the molecule is O=C(NC1CCSc2ccc(F)cc21)C1CCN(S(=O)(=O)c2ccccc2F)CC1. The fourth-order valence-electron chi connectivity index (χ4n) is 3.96. The van der Waals surface area contributed by atoms with Gasteiger partial charge in [0.15, 0.2) is 0 Å². The lowest BCUT2D eigenvalue weighted by molar-refractivity contribution is -0.127. The summed E-state index contributed by atoms with van der Waals surface area (Å²) in [6.45, 7) is 0.307. The van der Waals surface area contributed by atoms with Gasteiger partial charge in [0.2, 0.25) is 15.9 Å². The molecule has 2 aromatic carbocycles. The molecule has 2 heterocycles. The van der Waals surface area contributed by atoms with Crippen molar-refractivity contribution in [3.63, 3.8) is 0 Å². The van der Waals surface area contributed by atoms with Gasteiger partial charge in [0.1, 0.15) is 16.5 Å². The average Bonchev–Trinajstić information content (AvgIpc) is 2.74. The monoisotopic (exact) mass is 452 g/mol. The van der Waals surface area contributed by atoms with Crippen LogP contribution in [0.1, 0.15) is 30.9 Å². The molecule has 1 N–H and O–H groups in total. The van der Waals surface area contributed by atoms with Crippen LogP contribution in [0.15, 0.2) is 52.3 Å². The van der Waals surface area contributed by atoms with Crippen LogP contribution < -0.4 is 5.32 Å². The number of hydrogen-bond donors (Lipinski definition) is 1.